The lowest BCUT2D eigenvalue weighted by Gasteiger charge is -1.93. The second-order valence-corrected chi connectivity index (χ2v) is 2.47. The van der Waals surface area contributed by atoms with Crippen molar-refractivity contribution < 1.29 is 9.52 Å². The number of aromatic amines is 1. The van der Waals surface area contributed by atoms with Crippen molar-refractivity contribution >= 4 is 0 Å². The zero-order chi connectivity index (χ0) is 9.26. The van der Waals surface area contributed by atoms with E-state index < -0.39 is 5.76 Å². The van der Waals surface area contributed by atoms with E-state index in [1.54, 1.807) is 12.1 Å². The molecule has 0 aliphatic rings. The maximum absolute atomic E-state index is 10.6. The third-order valence-electron chi connectivity index (χ3n) is 1.55. The summed E-state index contributed by atoms with van der Waals surface area (Å²) >= 11 is 0. The van der Waals surface area contributed by atoms with Gasteiger partial charge in [-0.05, 0) is 24.3 Å². The first-order chi connectivity index (χ1) is 6.25. The average Bonchev–Trinajstić information content (AvgIpc) is 2.53. The molecule has 0 amide bonds. The van der Waals surface area contributed by atoms with Gasteiger partial charge in [0.15, 0.2) is 0 Å². The summed E-state index contributed by atoms with van der Waals surface area (Å²) in [5.41, 5.74) is 0.635. The van der Waals surface area contributed by atoms with E-state index in [0.29, 0.717) is 5.56 Å². The summed E-state index contributed by atoms with van der Waals surface area (Å²) in [4.78, 5) is 10.6. The van der Waals surface area contributed by atoms with Gasteiger partial charge in [0.05, 0.1) is 0 Å². The van der Waals surface area contributed by atoms with Gasteiger partial charge < -0.3 is 9.52 Å². The standard InChI is InChI=1S/C8H6N2O3/c11-6-3-1-5(2-4-6)7-9-10-8(12)13-7/h1-4,11H,(H,10,12). The van der Waals surface area contributed by atoms with Crippen molar-refractivity contribution in [2.45, 2.75) is 0 Å². The van der Waals surface area contributed by atoms with Crippen LogP contribution in [-0.4, -0.2) is 15.3 Å². The van der Waals surface area contributed by atoms with Gasteiger partial charge in [-0.25, -0.2) is 9.89 Å². The lowest BCUT2D eigenvalue weighted by atomic mass is 10.2. The Balaban J connectivity index is 2.47. The van der Waals surface area contributed by atoms with Gasteiger partial charge in [-0.1, -0.05) is 0 Å². The molecule has 0 spiro atoms. The molecule has 0 saturated carbocycles. The number of aromatic nitrogens is 2. The van der Waals surface area contributed by atoms with Gasteiger partial charge in [0, 0.05) is 5.56 Å². The minimum atomic E-state index is -0.594. The van der Waals surface area contributed by atoms with Crippen LogP contribution < -0.4 is 5.76 Å². The molecule has 0 bridgehead atoms. The molecule has 0 aliphatic heterocycles. The Bertz CT molecular complexity index is 455. The number of H-pyrrole nitrogens is 1. The highest BCUT2D eigenvalue weighted by Crippen LogP contribution is 2.17. The van der Waals surface area contributed by atoms with Crippen LogP contribution in [-0.2, 0) is 0 Å². The second-order valence-electron chi connectivity index (χ2n) is 2.47. The third kappa shape index (κ3) is 1.44. The molecule has 5 nitrogen and oxygen atoms in total. The van der Waals surface area contributed by atoms with Gasteiger partial charge >= 0.3 is 5.76 Å². The molecule has 2 aromatic rings. The number of nitrogens with one attached hydrogen (secondary N) is 1. The molecule has 0 unspecified atom stereocenters. The van der Waals surface area contributed by atoms with Crippen LogP contribution in [0, 0.1) is 0 Å². The molecule has 2 rings (SSSR count). The summed E-state index contributed by atoms with van der Waals surface area (Å²) in [5.74, 6) is -0.227. The molecule has 2 N–H and O–H groups in total. The number of aromatic hydroxyl groups is 1. The van der Waals surface area contributed by atoms with Crippen LogP contribution in [0.5, 0.6) is 5.75 Å². The molecule has 1 heterocycles. The Morgan fingerprint density at radius 3 is 2.54 bits per heavy atom. The van der Waals surface area contributed by atoms with Crippen molar-refractivity contribution in [2.24, 2.45) is 0 Å². The van der Waals surface area contributed by atoms with Crippen LogP contribution in [0.15, 0.2) is 33.5 Å². The maximum Gasteiger partial charge on any atom is 0.434 e. The number of phenols is 1. The van der Waals surface area contributed by atoms with Gasteiger partial charge in [0.1, 0.15) is 5.75 Å². The van der Waals surface area contributed by atoms with Crippen LogP contribution in [0.2, 0.25) is 0 Å². The number of nitrogens with zero attached hydrogens (tertiary/aromatic N) is 1. The largest absolute Gasteiger partial charge is 0.508 e. The van der Waals surface area contributed by atoms with Crippen molar-refractivity contribution in [3.63, 3.8) is 0 Å². The molecule has 5 heteroatoms. The molecule has 1 aromatic carbocycles. The molecular formula is C8H6N2O3. The monoisotopic (exact) mass is 178 g/mol. The predicted molar refractivity (Wildman–Crippen MR) is 44.2 cm³/mol. The second kappa shape index (κ2) is 2.78. The minimum absolute atomic E-state index is 0.154. The van der Waals surface area contributed by atoms with Crippen molar-refractivity contribution in [3.8, 4) is 17.2 Å². The molecule has 0 fully saturated rings. The molecule has 0 atom stereocenters. The molecule has 0 saturated heterocycles. The highest BCUT2D eigenvalue weighted by atomic mass is 16.4. The Morgan fingerprint density at radius 2 is 2.00 bits per heavy atom. The summed E-state index contributed by atoms with van der Waals surface area (Å²) in [6, 6.07) is 6.19. The molecule has 0 radical (unpaired) electrons. The zero-order valence-corrected chi connectivity index (χ0v) is 6.52. The van der Waals surface area contributed by atoms with Crippen LogP contribution >= 0.6 is 0 Å². The summed E-state index contributed by atoms with van der Waals surface area (Å²) in [6.45, 7) is 0. The van der Waals surface area contributed by atoms with Crippen molar-refractivity contribution in [3.05, 3.63) is 34.8 Å². The van der Waals surface area contributed by atoms with Gasteiger partial charge in [-0.2, -0.15) is 0 Å². The van der Waals surface area contributed by atoms with Crippen LogP contribution in [0.25, 0.3) is 11.5 Å². The fraction of sp³-hybridized carbons (Fsp3) is 0. The van der Waals surface area contributed by atoms with Crippen LogP contribution in [0.4, 0.5) is 0 Å². The topological polar surface area (TPSA) is 79.1 Å². The number of hydrogen-bond donors (Lipinski definition) is 2. The number of benzene rings is 1. The normalized spacial score (nSPS) is 10.2. The first-order valence-corrected chi connectivity index (χ1v) is 3.60. The van der Waals surface area contributed by atoms with E-state index >= 15 is 0 Å². The van der Waals surface area contributed by atoms with Crippen molar-refractivity contribution in [2.75, 3.05) is 0 Å². The van der Waals surface area contributed by atoms with E-state index in [-0.39, 0.29) is 11.6 Å². The molecule has 0 aliphatic carbocycles. The van der Waals surface area contributed by atoms with E-state index in [9.17, 15) is 4.79 Å². The Kier molecular flexibility index (Phi) is 1.63. The molecule has 13 heavy (non-hydrogen) atoms. The number of rotatable bonds is 1. The van der Waals surface area contributed by atoms with E-state index in [2.05, 4.69) is 10.2 Å². The predicted octanol–water partition coefficient (Wildman–Crippen LogP) is 0.735. The van der Waals surface area contributed by atoms with Gasteiger partial charge in [-0.15, -0.1) is 5.10 Å². The van der Waals surface area contributed by atoms with E-state index in [4.69, 9.17) is 9.52 Å². The van der Waals surface area contributed by atoms with Crippen molar-refractivity contribution in [1.29, 1.82) is 0 Å². The van der Waals surface area contributed by atoms with E-state index in [1.165, 1.54) is 12.1 Å². The molecule has 1 aromatic heterocycles. The number of phenolic OH excluding ortho intramolecular Hbond substituents is 1. The fourth-order valence-electron chi connectivity index (χ4n) is 0.957. The SMILES string of the molecule is O=c1[nH]nc(-c2ccc(O)cc2)o1. The lowest BCUT2D eigenvalue weighted by Crippen LogP contribution is -1.93. The fourth-order valence-corrected chi connectivity index (χ4v) is 0.957. The summed E-state index contributed by atoms with van der Waals surface area (Å²) in [7, 11) is 0. The highest BCUT2D eigenvalue weighted by molar-refractivity contribution is 5.53. The Labute approximate surface area is 72.6 Å². The highest BCUT2D eigenvalue weighted by Gasteiger charge is 2.03. The smallest absolute Gasteiger partial charge is 0.434 e. The van der Waals surface area contributed by atoms with E-state index in [1.807, 2.05) is 0 Å². The molecule has 66 valence electrons. The lowest BCUT2D eigenvalue weighted by molar-refractivity contribution is 0.475. The third-order valence-corrected chi connectivity index (χ3v) is 1.55. The van der Waals surface area contributed by atoms with Crippen molar-refractivity contribution in [1.82, 2.24) is 10.2 Å². The van der Waals surface area contributed by atoms with Gasteiger partial charge in [-0.3, -0.25) is 0 Å². The minimum Gasteiger partial charge on any atom is -0.508 e. The van der Waals surface area contributed by atoms with Gasteiger partial charge in [0.2, 0.25) is 5.89 Å². The number of hydrogen-bond acceptors (Lipinski definition) is 4. The van der Waals surface area contributed by atoms with Crippen LogP contribution in [0.3, 0.4) is 0 Å². The summed E-state index contributed by atoms with van der Waals surface area (Å²) in [5, 5.41) is 14.8. The first-order valence-electron chi connectivity index (χ1n) is 3.60. The average molecular weight is 178 g/mol. The van der Waals surface area contributed by atoms with Crippen LogP contribution in [0.1, 0.15) is 0 Å². The zero-order valence-electron chi connectivity index (χ0n) is 6.52. The van der Waals surface area contributed by atoms with Gasteiger partial charge in [0.25, 0.3) is 0 Å². The maximum atomic E-state index is 10.6. The summed E-state index contributed by atoms with van der Waals surface area (Å²) < 4.78 is 4.71. The molecular weight excluding hydrogens is 172 g/mol. The quantitative estimate of drug-likeness (QED) is 0.674. The first kappa shape index (κ1) is 7.60. The Hall–Kier alpha value is -2.04. The van der Waals surface area contributed by atoms with E-state index in [0.717, 1.165) is 0 Å². The Morgan fingerprint density at radius 1 is 1.31 bits per heavy atom. The summed E-state index contributed by atoms with van der Waals surface area (Å²) in [6.07, 6.45) is 0.